The number of ether oxygens (including phenoxy) is 3. The molecular formula is C25H24N2O6. The van der Waals surface area contributed by atoms with E-state index in [9.17, 15) is 14.7 Å². The van der Waals surface area contributed by atoms with Crippen LogP contribution in [0.5, 0.6) is 23.0 Å². The summed E-state index contributed by atoms with van der Waals surface area (Å²) in [4.78, 5) is 24.6. The van der Waals surface area contributed by atoms with Gasteiger partial charge in [0.2, 0.25) is 0 Å². The molecule has 0 aliphatic heterocycles. The summed E-state index contributed by atoms with van der Waals surface area (Å²) in [6, 6.07) is 17.7. The van der Waals surface area contributed by atoms with Gasteiger partial charge in [-0.05, 0) is 74.0 Å². The first kappa shape index (κ1) is 23.3. The molecular weight excluding hydrogens is 424 g/mol. The van der Waals surface area contributed by atoms with Gasteiger partial charge >= 0.3 is 5.97 Å². The number of carbonyl (C=O) groups excluding carboxylic acids is 2. The fraction of sp³-hybridized carbons (Fsp3) is 0.160. The van der Waals surface area contributed by atoms with E-state index in [1.165, 1.54) is 18.3 Å². The molecule has 3 rings (SSSR count). The molecule has 0 heterocycles. The van der Waals surface area contributed by atoms with Gasteiger partial charge in [-0.1, -0.05) is 12.1 Å². The van der Waals surface area contributed by atoms with Crippen molar-refractivity contribution in [1.82, 2.24) is 5.43 Å². The van der Waals surface area contributed by atoms with Crippen molar-refractivity contribution in [3.8, 4) is 23.0 Å². The maximum absolute atomic E-state index is 12.5. The summed E-state index contributed by atoms with van der Waals surface area (Å²) in [5, 5.41) is 13.6. The average Bonchev–Trinajstić information content (AvgIpc) is 2.81. The van der Waals surface area contributed by atoms with Crippen LogP contribution in [0.2, 0.25) is 0 Å². The second kappa shape index (κ2) is 11.3. The summed E-state index contributed by atoms with van der Waals surface area (Å²) in [6.45, 7) is 4.59. The molecule has 0 spiro atoms. The fourth-order valence-corrected chi connectivity index (χ4v) is 2.86. The van der Waals surface area contributed by atoms with Crippen molar-refractivity contribution in [3.05, 3.63) is 83.4 Å². The SMILES string of the molecule is CCOc1ccc(C(=O)Oc2ccc(/C=N\NC(=O)c3ccccc3O)cc2OCC)cc1. The Morgan fingerprint density at radius 2 is 1.67 bits per heavy atom. The zero-order valence-corrected chi connectivity index (χ0v) is 18.3. The molecule has 0 saturated carbocycles. The Hall–Kier alpha value is -4.33. The van der Waals surface area contributed by atoms with Crippen LogP contribution in [0.3, 0.4) is 0 Å². The van der Waals surface area contributed by atoms with E-state index in [1.54, 1.807) is 54.6 Å². The van der Waals surface area contributed by atoms with Crippen molar-refractivity contribution >= 4 is 18.1 Å². The Morgan fingerprint density at radius 3 is 2.36 bits per heavy atom. The van der Waals surface area contributed by atoms with E-state index in [0.717, 1.165) is 0 Å². The lowest BCUT2D eigenvalue weighted by molar-refractivity contribution is 0.0728. The standard InChI is InChI=1S/C25H24N2O6/c1-3-31-19-12-10-18(11-13-19)25(30)33-22-14-9-17(15-23(22)32-4-2)16-26-27-24(29)20-7-5-6-8-21(20)28/h5-16,28H,3-4H2,1-2H3,(H,27,29)/b26-16-. The largest absolute Gasteiger partial charge is 0.507 e. The molecule has 3 aromatic rings. The number of nitrogens with zero attached hydrogens (tertiary/aromatic N) is 1. The number of aromatic hydroxyl groups is 1. The molecule has 0 saturated heterocycles. The van der Waals surface area contributed by atoms with Crippen LogP contribution < -0.4 is 19.6 Å². The molecule has 170 valence electrons. The van der Waals surface area contributed by atoms with Gasteiger partial charge in [0.1, 0.15) is 11.5 Å². The Balaban J connectivity index is 1.69. The van der Waals surface area contributed by atoms with Crippen molar-refractivity contribution in [3.63, 3.8) is 0 Å². The molecule has 0 fully saturated rings. The molecule has 2 N–H and O–H groups in total. The van der Waals surface area contributed by atoms with E-state index in [-0.39, 0.29) is 17.1 Å². The maximum Gasteiger partial charge on any atom is 0.343 e. The smallest absolute Gasteiger partial charge is 0.343 e. The van der Waals surface area contributed by atoms with Gasteiger partial charge in [0.15, 0.2) is 11.5 Å². The van der Waals surface area contributed by atoms with Crippen LogP contribution in [-0.4, -0.2) is 36.4 Å². The van der Waals surface area contributed by atoms with Gasteiger partial charge < -0.3 is 19.3 Å². The monoisotopic (exact) mass is 448 g/mol. The van der Waals surface area contributed by atoms with Gasteiger partial charge in [-0.2, -0.15) is 5.10 Å². The van der Waals surface area contributed by atoms with Gasteiger partial charge in [-0.3, -0.25) is 4.79 Å². The Morgan fingerprint density at radius 1 is 0.939 bits per heavy atom. The molecule has 33 heavy (non-hydrogen) atoms. The third-order valence-corrected chi connectivity index (χ3v) is 4.40. The molecule has 3 aromatic carbocycles. The van der Waals surface area contributed by atoms with Crippen molar-refractivity contribution < 1.29 is 28.9 Å². The molecule has 8 heteroatoms. The number of phenols is 1. The number of para-hydroxylation sites is 1. The van der Waals surface area contributed by atoms with Crippen LogP contribution in [0.4, 0.5) is 0 Å². The van der Waals surface area contributed by atoms with E-state index in [1.807, 2.05) is 13.8 Å². The van der Waals surface area contributed by atoms with Gasteiger partial charge in [0.25, 0.3) is 5.91 Å². The first-order valence-electron chi connectivity index (χ1n) is 10.3. The second-order valence-corrected chi connectivity index (χ2v) is 6.70. The van der Waals surface area contributed by atoms with E-state index >= 15 is 0 Å². The molecule has 8 nitrogen and oxygen atoms in total. The van der Waals surface area contributed by atoms with E-state index in [2.05, 4.69) is 10.5 Å². The summed E-state index contributed by atoms with van der Waals surface area (Å²) in [5.41, 5.74) is 3.45. The summed E-state index contributed by atoms with van der Waals surface area (Å²) >= 11 is 0. The summed E-state index contributed by atoms with van der Waals surface area (Å²) in [7, 11) is 0. The quantitative estimate of drug-likeness (QED) is 0.220. The van der Waals surface area contributed by atoms with E-state index in [4.69, 9.17) is 14.2 Å². The molecule has 0 aliphatic carbocycles. The molecule has 0 bridgehead atoms. The summed E-state index contributed by atoms with van der Waals surface area (Å²) in [5.74, 6) is 0.0642. The van der Waals surface area contributed by atoms with Crippen LogP contribution in [0.15, 0.2) is 71.8 Å². The zero-order chi connectivity index (χ0) is 23.6. The van der Waals surface area contributed by atoms with Crippen molar-refractivity contribution in [2.45, 2.75) is 13.8 Å². The molecule has 0 atom stereocenters. The summed E-state index contributed by atoms with van der Waals surface area (Å²) < 4.78 is 16.5. The lowest BCUT2D eigenvalue weighted by Crippen LogP contribution is -2.17. The van der Waals surface area contributed by atoms with Crippen molar-refractivity contribution in [1.29, 1.82) is 0 Å². The average molecular weight is 448 g/mol. The first-order valence-corrected chi connectivity index (χ1v) is 10.3. The topological polar surface area (TPSA) is 106 Å². The molecule has 1 amide bonds. The predicted octanol–water partition coefficient (Wildman–Crippen LogP) is 4.17. The number of amides is 1. The minimum atomic E-state index is -0.546. The highest BCUT2D eigenvalue weighted by molar-refractivity contribution is 5.97. The lowest BCUT2D eigenvalue weighted by atomic mass is 10.2. The third kappa shape index (κ3) is 6.33. The minimum absolute atomic E-state index is 0.112. The highest BCUT2D eigenvalue weighted by Crippen LogP contribution is 2.29. The highest BCUT2D eigenvalue weighted by Gasteiger charge is 2.14. The Labute approximate surface area is 191 Å². The number of hydrazone groups is 1. The van der Waals surface area contributed by atoms with Gasteiger partial charge in [0.05, 0.1) is 30.6 Å². The lowest BCUT2D eigenvalue weighted by Gasteiger charge is -2.11. The zero-order valence-electron chi connectivity index (χ0n) is 18.3. The van der Waals surface area contributed by atoms with E-state index < -0.39 is 11.9 Å². The number of rotatable bonds is 9. The number of benzene rings is 3. The highest BCUT2D eigenvalue weighted by atomic mass is 16.6. The normalized spacial score (nSPS) is 10.6. The van der Waals surface area contributed by atoms with Gasteiger partial charge in [-0.25, -0.2) is 10.2 Å². The van der Waals surface area contributed by atoms with E-state index in [0.29, 0.717) is 35.8 Å². The Kier molecular flexibility index (Phi) is 8.02. The first-order chi connectivity index (χ1) is 16.0. The number of hydrogen-bond acceptors (Lipinski definition) is 7. The minimum Gasteiger partial charge on any atom is -0.507 e. The van der Waals surface area contributed by atoms with Crippen molar-refractivity contribution in [2.75, 3.05) is 13.2 Å². The van der Waals surface area contributed by atoms with Crippen LogP contribution in [0.1, 0.15) is 40.1 Å². The van der Waals surface area contributed by atoms with Crippen molar-refractivity contribution in [2.24, 2.45) is 5.10 Å². The maximum atomic E-state index is 12.5. The van der Waals surface area contributed by atoms with Gasteiger partial charge in [-0.15, -0.1) is 0 Å². The number of esters is 1. The van der Waals surface area contributed by atoms with Crippen LogP contribution in [0.25, 0.3) is 0 Å². The molecule has 0 radical (unpaired) electrons. The van der Waals surface area contributed by atoms with Crippen LogP contribution >= 0.6 is 0 Å². The molecule has 0 aromatic heterocycles. The number of carbonyl (C=O) groups is 2. The Bertz CT molecular complexity index is 1140. The molecule has 0 unspecified atom stereocenters. The fourth-order valence-electron chi connectivity index (χ4n) is 2.86. The van der Waals surface area contributed by atoms with Crippen LogP contribution in [-0.2, 0) is 0 Å². The molecule has 0 aliphatic rings. The summed E-state index contributed by atoms with van der Waals surface area (Å²) in [6.07, 6.45) is 1.42. The van der Waals surface area contributed by atoms with Gasteiger partial charge in [0, 0.05) is 0 Å². The number of nitrogens with one attached hydrogen (secondary N) is 1. The third-order valence-electron chi connectivity index (χ3n) is 4.40. The van der Waals surface area contributed by atoms with Crippen LogP contribution in [0, 0.1) is 0 Å². The number of phenolic OH excluding ortho intramolecular Hbond substituents is 1. The predicted molar refractivity (Wildman–Crippen MR) is 123 cm³/mol. The number of hydrogen-bond donors (Lipinski definition) is 2. The second-order valence-electron chi connectivity index (χ2n) is 6.70.